The summed E-state index contributed by atoms with van der Waals surface area (Å²) < 4.78 is 26.3. The molecule has 0 N–H and O–H groups in total. The highest BCUT2D eigenvalue weighted by Gasteiger charge is 2.41. The first-order valence-electron chi connectivity index (χ1n) is 8.55. The molecule has 1 aliphatic heterocycles. The van der Waals surface area contributed by atoms with Crippen LogP contribution in [0.1, 0.15) is 19.3 Å². The Kier molecular flexibility index (Phi) is 4.46. The molecule has 0 bridgehead atoms. The molecule has 0 unspecified atom stereocenters. The van der Waals surface area contributed by atoms with E-state index < -0.39 is 10.0 Å². The summed E-state index contributed by atoms with van der Waals surface area (Å²) in [6.45, 7) is 1.95. The molecule has 8 heteroatoms. The number of hydrogen-bond donors (Lipinski definition) is 0. The lowest BCUT2D eigenvalue weighted by Gasteiger charge is -2.34. The van der Waals surface area contributed by atoms with Gasteiger partial charge in [0, 0.05) is 31.2 Å². The van der Waals surface area contributed by atoms with Gasteiger partial charge in [0.2, 0.25) is 10.0 Å². The van der Waals surface area contributed by atoms with Crippen molar-refractivity contribution in [1.82, 2.24) is 9.29 Å². The van der Waals surface area contributed by atoms with Crippen LogP contribution in [0.25, 0.3) is 10.2 Å². The highest BCUT2D eigenvalue weighted by Crippen LogP contribution is 2.42. The van der Waals surface area contributed by atoms with Crippen LogP contribution in [0, 0.1) is 11.8 Å². The van der Waals surface area contributed by atoms with Gasteiger partial charge in [-0.1, -0.05) is 22.9 Å². The van der Waals surface area contributed by atoms with Crippen LogP contribution in [-0.2, 0) is 10.0 Å². The summed E-state index contributed by atoms with van der Waals surface area (Å²) in [5.41, 5.74) is 0.993. The van der Waals surface area contributed by atoms with E-state index in [0.29, 0.717) is 11.8 Å². The Morgan fingerprint density at radius 1 is 1.32 bits per heavy atom. The largest absolute Gasteiger partial charge is 0.348 e. The normalized spacial score (nSPS) is 27.2. The topological polar surface area (TPSA) is 53.5 Å². The summed E-state index contributed by atoms with van der Waals surface area (Å²) in [6.07, 6.45) is 4.34. The molecule has 2 aromatic rings. The molecule has 1 aliphatic carbocycles. The number of aromatic nitrogens is 1. The number of sulfonamides is 1. The molecule has 2 aliphatic rings. The Balaban J connectivity index is 1.50. The van der Waals surface area contributed by atoms with Crippen molar-refractivity contribution < 1.29 is 8.42 Å². The molecule has 1 saturated carbocycles. The highest BCUT2D eigenvalue weighted by atomic mass is 35.5. The second-order valence-corrected chi connectivity index (χ2v) is 10.8. The van der Waals surface area contributed by atoms with Crippen LogP contribution >= 0.6 is 22.9 Å². The molecule has 136 valence electrons. The molecule has 2 heterocycles. The number of hydrogen-bond acceptors (Lipinski definition) is 5. The average Bonchev–Trinajstić information content (AvgIpc) is 3.15. The van der Waals surface area contributed by atoms with E-state index in [1.54, 1.807) is 22.7 Å². The summed E-state index contributed by atoms with van der Waals surface area (Å²) in [4.78, 5) is 7.13. The van der Waals surface area contributed by atoms with E-state index in [1.807, 2.05) is 18.2 Å². The van der Waals surface area contributed by atoms with E-state index >= 15 is 0 Å². The summed E-state index contributed by atoms with van der Waals surface area (Å²) in [7, 11) is -1.40. The van der Waals surface area contributed by atoms with E-state index in [0.717, 1.165) is 52.7 Å². The van der Waals surface area contributed by atoms with Crippen LogP contribution in [-0.4, -0.2) is 50.1 Å². The number of halogens is 1. The highest BCUT2D eigenvalue weighted by molar-refractivity contribution is 7.88. The third kappa shape index (κ3) is 3.39. The van der Waals surface area contributed by atoms with Crippen molar-refractivity contribution in [1.29, 1.82) is 0 Å². The van der Waals surface area contributed by atoms with E-state index in [9.17, 15) is 8.42 Å². The summed E-state index contributed by atoms with van der Waals surface area (Å²) in [5.74, 6) is 1.16. The maximum Gasteiger partial charge on any atom is 0.211 e. The minimum atomic E-state index is -3.12. The smallest absolute Gasteiger partial charge is 0.211 e. The standard InChI is InChI=1S/C17H22ClN3O2S2/c1-20(25(2,22)23)14-7-11-5-6-21(10-12(11)8-14)17-19-15-4-3-13(18)9-16(15)24-17/h3-4,9,11-12,14H,5-8,10H2,1-2H3/t11-,12-,14+/m1/s1. The van der Waals surface area contributed by atoms with Gasteiger partial charge < -0.3 is 4.90 Å². The predicted molar refractivity (Wildman–Crippen MR) is 104 cm³/mol. The van der Waals surface area contributed by atoms with Crippen LogP contribution in [0.3, 0.4) is 0 Å². The second-order valence-electron chi connectivity index (χ2n) is 7.27. The zero-order chi connectivity index (χ0) is 17.8. The van der Waals surface area contributed by atoms with Gasteiger partial charge in [-0.05, 0) is 49.3 Å². The van der Waals surface area contributed by atoms with Crippen molar-refractivity contribution in [2.45, 2.75) is 25.3 Å². The number of piperidine rings is 1. The number of nitrogens with zero attached hydrogens (tertiary/aromatic N) is 3. The van der Waals surface area contributed by atoms with Crippen LogP contribution < -0.4 is 4.90 Å². The molecule has 5 nitrogen and oxygen atoms in total. The lowest BCUT2D eigenvalue weighted by molar-refractivity contribution is 0.323. The molecule has 25 heavy (non-hydrogen) atoms. The number of fused-ring (bicyclic) bond motifs is 2. The van der Waals surface area contributed by atoms with Crippen LogP contribution in [0.4, 0.5) is 5.13 Å². The molecule has 1 aromatic heterocycles. The molecule has 0 amide bonds. The van der Waals surface area contributed by atoms with Crippen LogP contribution in [0.15, 0.2) is 18.2 Å². The zero-order valence-corrected chi connectivity index (χ0v) is 16.7. The van der Waals surface area contributed by atoms with E-state index in [2.05, 4.69) is 4.90 Å². The maximum absolute atomic E-state index is 11.8. The van der Waals surface area contributed by atoms with Crippen molar-refractivity contribution in [3.8, 4) is 0 Å². The maximum atomic E-state index is 11.8. The van der Waals surface area contributed by atoms with Crippen LogP contribution in [0.5, 0.6) is 0 Å². The van der Waals surface area contributed by atoms with Gasteiger partial charge in [-0.2, -0.15) is 0 Å². The average molecular weight is 400 g/mol. The van der Waals surface area contributed by atoms with Gasteiger partial charge in [0.1, 0.15) is 0 Å². The van der Waals surface area contributed by atoms with Crippen LogP contribution in [0.2, 0.25) is 5.02 Å². The lowest BCUT2D eigenvalue weighted by atomic mass is 9.89. The fraction of sp³-hybridized carbons (Fsp3) is 0.588. The molecule has 2 fully saturated rings. The second kappa shape index (κ2) is 6.37. The number of anilines is 1. The van der Waals surface area contributed by atoms with E-state index in [4.69, 9.17) is 16.6 Å². The van der Waals surface area contributed by atoms with Crippen molar-refractivity contribution in [2.24, 2.45) is 11.8 Å². The molecule has 3 atom stereocenters. The van der Waals surface area contributed by atoms with Gasteiger partial charge in [0.05, 0.1) is 16.5 Å². The third-order valence-corrected chi connectivity index (χ3v) is 8.35. The van der Waals surface area contributed by atoms with Gasteiger partial charge in [-0.15, -0.1) is 0 Å². The molecular weight excluding hydrogens is 378 g/mol. The first-order chi connectivity index (χ1) is 11.8. The zero-order valence-electron chi connectivity index (χ0n) is 14.4. The summed E-state index contributed by atoms with van der Waals surface area (Å²) in [6, 6.07) is 5.95. The molecule has 4 rings (SSSR count). The summed E-state index contributed by atoms with van der Waals surface area (Å²) >= 11 is 7.77. The van der Waals surface area contributed by atoms with Crippen molar-refractivity contribution in [3.63, 3.8) is 0 Å². The van der Waals surface area contributed by atoms with Crippen molar-refractivity contribution in [3.05, 3.63) is 23.2 Å². The number of thiazole rings is 1. The van der Waals surface area contributed by atoms with Crippen molar-refractivity contribution in [2.75, 3.05) is 31.3 Å². The Morgan fingerprint density at radius 3 is 2.84 bits per heavy atom. The van der Waals surface area contributed by atoms with E-state index in [1.165, 1.54) is 6.26 Å². The fourth-order valence-electron chi connectivity index (χ4n) is 4.22. The third-order valence-electron chi connectivity index (χ3n) is 5.69. The predicted octanol–water partition coefficient (Wildman–Crippen LogP) is 3.45. The number of benzene rings is 1. The molecule has 0 spiro atoms. The number of rotatable bonds is 3. The Labute approximate surface area is 157 Å². The monoisotopic (exact) mass is 399 g/mol. The molecule has 1 aromatic carbocycles. The van der Waals surface area contributed by atoms with Crippen molar-refractivity contribution >= 4 is 48.3 Å². The minimum absolute atomic E-state index is 0.138. The molecule has 0 radical (unpaired) electrons. The SMILES string of the molecule is CN([C@H]1C[C@H]2CCN(c3nc4ccc(Cl)cc4s3)C[C@H]2C1)S(C)(=O)=O. The fourth-order valence-corrected chi connectivity index (χ4v) is 6.21. The molecular formula is C17H22ClN3O2S2. The summed E-state index contributed by atoms with van der Waals surface area (Å²) in [5, 5.41) is 1.79. The Hall–Kier alpha value is -0.890. The first kappa shape index (κ1) is 17.5. The lowest BCUT2D eigenvalue weighted by Crippen LogP contribution is -2.38. The first-order valence-corrected chi connectivity index (χ1v) is 11.6. The van der Waals surface area contributed by atoms with E-state index in [-0.39, 0.29) is 6.04 Å². The van der Waals surface area contributed by atoms with Gasteiger partial charge >= 0.3 is 0 Å². The minimum Gasteiger partial charge on any atom is -0.348 e. The quantitative estimate of drug-likeness (QED) is 0.793. The Bertz CT molecular complexity index is 898. The molecule has 1 saturated heterocycles. The van der Waals surface area contributed by atoms with Gasteiger partial charge in [0.15, 0.2) is 5.13 Å². The Morgan fingerprint density at radius 2 is 2.08 bits per heavy atom. The van der Waals surface area contributed by atoms with Gasteiger partial charge in [-0.25, -0.2) is 17.7 Å². The van der Waals surface area contributed by atoms with Gasteiger partial charge in [0.25, 0.3) is 0 Å². The van der Waals surface area contributed by atoms with Gasteiger partial charge in [-0.3, -0.25) is 0 Å².